The summed E-state index contributed by atoms with van der Waals surface area (Å²) in [6.07, 6.45) is 2.92. The smallest absolute Gasteiger partial charge is 0.255 e. The first-order chi connectivity index (χ1) is 10.2. The van der Waals surface area contributed by atoms with E-state index in [0.29, 0.717) is 25.1 Å². The van der Waals surface area contributed by atoms with E-state index in [2.05, 4.69) is 10.3 Å². The summed E-state index contributed by atoms with van der Waals surface area (Å²) in [5.74, 6) is 0.0453. The number of likely N-dealkylation sites (tertiary alicyclic amines) is 1. The molecule has 1 fully saturated rings. The predicted molar refractivity (Wildman–Crippen MR) is 85.5 cm³/mol. The van der Waals surface area contributed by atoms with Crippen LogP contribution in [0, 0.1) is 12.3 Å². The van der Waals surface area contributed by atoms with Crippen LogP contribution in [0.2, 0.25) is 0 Å². The quantitative estimate of drug-likeness (QED) is 0.930. The third-order valence-electron chi connectivity index (χ3n) is 3.69. The Morgan fingerprint density at radius 2 is 2.09 bits per heavy atom. The van der Waals surface area contributed by atoms with Gasteiger partial charge in [-0.3, -0.25) is 14.6 Å². The predicted octanol–water partition coefficient (Wildman–Crippen LogP) is 2.16. The minimum Gasteiger partial charge on any atom is -0.352 e. The van der Waals surface area contributed by atoms with Crippen molar-refractivity contribution in [2.75, 3.05) is 13.1 Å². The lowest BCUT2D eigenvalue weighted by Crippen LogP contribution is -2.39. The van der Waals surface area contributed by atoms with Gasteiger partial charge in [-0.2, -0.15) is 0 Å². The first-order valence-corrected chi connectivity index (χ1v) is 7.76. The van der Waals surface area contributed by atoms with E-state index in [4.69, 9.17) is 0 Å². The molecule has 0 saturated carbocycles. The van der Waals surface area contributed by atoms with Gasteiger partial charge in [0.1, 0.15) is 0 Å². The summed E-state index contributed by atoms with van der Waals surface area (Å²) in [5, 5.41) is 3.03. The van der Waals surface area contributed by atoms with Gasteiger partial charge in [-0.05, 0) is 30.9 Å². The Morgan fingerprint density at radius 1 is 1.36 bits per heavy atom. The van der Waals surface area contributed by atoms with E-state index in [9.17, 15) is 9.59 Å². The fourth-order valence-corrected chi connectivity index (χ4v) is 2.60. The van der Waals surface area contributed by atoms with Gasteiger partial charge in [0.15, 0.2) is 0 Å². The molecule has 22 heavy (non-hydrogen) atoms. The molecule has 0 bridgehead atoms. The average molecular weight is 303 g/mol. The van der Waals surface area contributed by atoms with Gasteiger partial charge in [-0.25, -0.2) is 0 Å². The van der Waals surface area contributed by atoms with Gasteiger partial charge in [0, 0.05) is 37.4 Å². The molecule has 1 aromatic heterocycles. The first kappa shape index (κ1) is 16.5. The Bertz CT molecular complexity index is 546. The molecule has 2 amide bonds. The largest absolute Gasteiger partial charge is 0.352 e. The highest BCUT2D eigenvalue weighted by Crippen LogP contribution is 2.19. The number of carbonyl (C=O) groups excluding carboxylic acids is 2. The molecule has 1 aliphatic heterocycles. The molecular formula is C17H25N3O2. The maximum absolute atomic E-state index is 12.4. The lowest BCUT2D eigenvalue weighted by molar-refractivity contribution is -0.123. The second kappa shape index (κ2) is 6.46. The summed E-state index contributed by atoms with van der Waals surface area (Å²) in [4.78, 5) is 30.3. The van der Waals surface area contributed by atoms with Crippen molar-refractivity contribution < 1.29 is 9.59 Å². The van der Waals surface area contributed by atoms with E-state index in [-0.39, 0.29) is 23.3 Å². The van der Waals surface area contributed by atoms with Crippen LogP contribution < -0.4 is 5.32 Å². The van der Waals surface area contributed by atoms with E-state index >= 15 is 0 Å². The lowest BCUT2D eigenvalue weighted by atomic mass is 9.92. The number of carbonyl (C=O) groups is 2. The van der Waals surface area contributed by atoms with Crippen LogP contribution in [0.15, 0.2) is 18.3 Å². The second-order valence-electron chi connectivity index (χ2n) is 7.23. The summed E-state index contributed by atoms with van der Waals surface area (Å²) < 4.78 is 0. The van der Waals surface area contributed by atoms with Crippen molar-refractivity contribution in [1.29, 1.82) is 0 Å². The highest BCUT2D eigenvalue weighted by molar-refractivity contribution is 5.94. The van der Waals surface area contributed by atoms with E-state index in [1.807, 2.05) is 33.8 Å². The van der Waals surface area contributed by atoms with Crippen molar-refractivity contribution in [3.63, 3.8) is 0 Å². The highest BCUT2D eigenvalue weighted by atomic mass is 16.2. The van der Waals surface area contributed by atoms with Crippen molar-refractivity contribution >= 4 is 11.8 Å². The van der Waals surface area contributed by atoms with Crippen LogP contribution in [0.4, 0.5) is 0 Å². The number of amides is 2. The zero-order chi connectivity index (χ0) is 16.3. The fraction of sp³-hybridized carbons (Fsp3) is 0.588. The molecule has 1 aromatic rings. The standard InChI is InChI=1S/C17H25N3O2/c1-12-5-6-13(10-18-12)16(22)20-8-7-14(11-20)19-15(21)9-17(2,3)4/h5-6,10,14H,7-9,11H2,1-4H3,(H,19,21)/t14-/m1/s1. The van der Waals surface area contributed by atoms with Crippen molar-refractivity contribution in [3.8, 4) is 0 Å². The van der Waals surface area contributed by atoms with Crippen molar-refractivity contribution in [2.45, 2.75) is 46.6 Å². The number of aromatic nitrogens is 1. The van der Waals surface area contributed by atoms with Gasteiger partial charge >= 0.3 is 0 Å². The molecule has 1 N–H and O–H groups in total. The van der Waals surface area contributed by atoms with Gasteiger partial charge in [-0.1, -0.05) is 20.8 Å². The van der Waals surface area contributed by atoms with E-state index in [1.54, 1.807) is 17.2 Å². The van der Waals surface area contributed by atoms with Crippen molar-refractivity contribution in [1.82, 2.24) is 15.2 Å². The molecule has 0 aliphatic carbocycles. The molecule has 0 aromatic carbocycles. The number of nitrogens with one attached hydrogen (secondary N) is 1. The number of rotatable bonds is 3. The maximum atomic E-state index is 12.4. The van der Waals surface area contributed by atoms with Crippen LogP contribution in [-0.2, 0) is 4.79 Å². The Hall–Kier alpha value is -1.91. The first-order valence-electron chi connectivity index (χ1n) is 7.76. The Balaban J connectivity index is 1.88. The molecule has 120 valence electrons. The molecule has 1 atom stereocenters. The third-order valence-corrected chi connectivity index (χ3v) is 3.69. The van der Waals surface area contributed by atoms with Crippen LogP contribution in [-0.4, -0.2) is 40.8 Å². The Labute approximate surface area is 132 Å². The number of nitrogens with zero attached hydrogens (tertiary/aromatic N) is 2. The molecule has 1 saturated heterocycles. The monoisotopic (exact) mass is 303 g/mol. The summed E-state index contributed by atoms with van der Waals surface area (Å²) in [6.45, 7) is 9.27. The molecule has 0 unspecified atom stereocenters. The van der Waals surface area contributed by atoms with E-state index < -0.39 is 0 Å². The van der Waals surface area contributed by atoms with Gasteiger partial charge in [0.2, 0.25) is 5.91 Å². The normalized spacial score (nSPS) is 18.4. The molecule has 5 heteroatoms. The fourth-order valence-electron chi connectivity index (χ4n) is 2.60. The summed E-state index contributed by atoms with van der Waals surface area (Å²) >= 11 is 0. The van der Waals surface area contributed by atoms with Gasteiger partial charge < -0.3 is 10.2 Å². The average Bonchev–Trinajstić information content (AvgIpc) is 2.85. The highest BCUT2D eigenvalue weighted by Gasteiger charge is 2.28. The number of pyridine rings is 1. The molecule has 2 heterocycles. The van der Waals surface area contributed by atoms with Crippen LogP contribution in [0.5, 0.6) is 0 Å². The zero-order valence-corrected chi connectivity index (χ0v) is 13.8. The molecule has 0 radical (unpaired) electrons. The summed E-state index contributed by atoms with van der Waals surface area (Å²) in [5.41, 5.74) is 1.48. The zero-order valence-electron chi connectivity index (χ0n) is 13.8. The van der Waals surface area contributed by atoms with Gasteiger partial charge in [0.05, 0.1) is 5.56 Å². The number of hydrogen-bond acceptors (Lipinski definition) is 3. The van der Waals surface area contributed by atoms with E-state index in [1.165, 1.54) is 0 Å². The molecule has 2 rings (SSSR count). The minimum atomic E-state index is -0.0221. The lowest BCUT2D eigenvalue weighted by Gasteiger charge is -2.20. The molecule has 5 nitrogen and oxygen atoms in total. The maximum Gasteiger partial charge on any atom is 0.255 e. The van der Waals surface area contributed by atoms with Crippen LogP contribution in [0.3, 0.4) is 0 Å². The molecule has 1 aliphatic rings. The van der Waals surface area contributed by atoms with Crippen molar-refractivity contribution in [3.05, 3.63) is 29.6 Å². The molecular weight excluding hydrogens is 278 g/mol. The Kier molecular flexibility index (Phi) is 4.84. The number of hydrogen-bond donors (Lipinski definition) is 1. The van der Waals surface area contributed by atoms with Crippen LogP contribution in [0.25, 0.3) is 0 Å². The van der Waals surface area contributed by atoms with Crippen molar-refractivity contribution in [2.24, 2.45) is 5.41 Å². The third kappa shape index (κ3) is 4.55. The minimum absolute atomic E-state index is 0.0138. The molecule has 0 spiro atoms. The summed E-state index contributed by atoms with van der Waals surface area (Å²) in [7, 11) is 0. The van der Waals surface area contributed by atoms with Crippen LogP contribution in [0.1, 0.15) is 49.7 Å². The number of aryl methyl sites for hydroxylation is 1. The van der Waals surface area contributed by atoms with Gasteiger partial charge in [-0.15, -0.1) is 0 Å². The SMILES string of the molecule is Cc1ccc(C(=O)N2CC[C@@H](NC(=O)CC(C)(C)C)C2)cn1. The van der Waals surface area contributed by atoms with E-state index in [0.717, 1.165) is 12.1 Å². The van der Waals surface area contributed by atoms with Gasteiger partial charge in [0.25, 0.3) is 5.91 Å². The topological polar surface area (TPSA) is 62.3 Å². The second-order valence-corrected chi connectivity index (χ2v) is 7.23. The Morgan fingerprint density at radius 3 is 2.68 bits per heavy atom. The summed E-state index contributed by atoms with van der Waals surface area (Å²) in [6, 6.07) is 3.69. The van der Waals surface area contributed by atoms with Crippen LogP contribution >= 0.6 is 0 Å².